The Kier molecular flexibility index (Phi) is 3.57. The van der Waals surface area contributed by atoms with Crippen LogP contribution in [0.25, 0.3) is 0 Å². The number of ether oxygens (including phenoxy) is 1. The molecule has 84 valence electrons. The van der Waals surface area contributed by atoms with Crippen LogP contribution in [0.3, 0.4) is 0 Å². The van der Waals surface area contributed by atoms with Gasteiger partial charge in [-0.25, -0.2) is 4.79 Å². The molecule has 1 saturated carbocycles. The second-order valence-electron chi connectivity index (χ2n) is 4.98. The summed E-state index contributed by atoms with van der Waals surface area (Å²) < 4.78 is 5.14. The molecule has 0 aliphatic heterocycles. The highest BCUT2D eigenvalue weighted by Crippen LogP contribution is 2.24. The average molecular weight is 210 g/mol. The number of alkyl carbamates (subject to hydrolysis) is 1. The summed E-state index contributed by atoms with van der Waals surface area (Å²) in [5.74, 6) is 0.0879. The normalized spacial score (nSPS) is 25.7. The molecule has 1 rings (SSSR count). The molecule has 0 heterocycles. The lowest BCUT2D eigenvalue weighted by Crippen LogP contribution is -2.37. The Bertz CT molecular complexity index is 275. The third-order valence-corrected chi connectivity index (χ3v) is 2.34. The molecule has 0 bridgehead atoms. The van der Waals surface area contributed by atoms with E-state index in [1.54, 1.807) is 0 Å². The van der Waals surface area contributed by atoms with Gasteiger partial charge in [-0.15, -0.1) is 0 Å². The molecule has 1 N–H and O–H groups in total. The standard InChI is InChI=1S/C11H18N2O2/c1-11(2,3)15-10(14)13-9-5-4-8(6-9)7-12/h8-9H,4-6H2,1-3H3,(H,13,14)/t8-,9+/m1/s1. The van der Waals surface area contributed by atoms with Crippen LogP contribution in [0, 0.1) is 17.2 Å². The molecule has 4 heteroatoms. The van der Waals surface area contributed by atoms with Crippen molar-refractivity contribution in [3.8, 4) is 6.07 Å². The summed E-state index contributed by atoms with van der Waals surface area (Å²) in [6.45, 7) is 5.50. The van der Waals surface area contributed by atoms with Gasteiger partial charge in [-0.3, -0.25) is 0 Å². The van der Waals surface area contributed by atoms with E-state index in [0.717, 1.165) is 19.3 Å². The van der Waals surface area contributed by atoms with Crippen LogP contribution in [0.1, 0.15) is 40.0 Å². The number of nitrogens with zero attached hydrogens (tertiary/aromatic N) is 1. The number of hydrogen-bond donors (Lipinski definition) is 1. The van der Waals surface area contributed by atoms with E-state index in [0.29, 0.717) is 0 Å². The number of nitriles is 1. The number of carbonyl (C=O) groups excluding carboxylic acids is 1. The van der Waals surface area contributed by atoms with Crippen LogP contribution in [0.4, 0.5) is 4.79 Å². The summed E-state index contributed by atoms with van der Waals surface area (Å²) in [5.41, 5.74) is -0.461. The zero-order chi connectivity index (χ0) is 11.5. The Balaban J connectivity index is 2.32. The van der Waals surface area contributed by atoms with E-state index >= 15 is 0 Å². The zero-order valence-corrected chi connectivity index (χ0v) is 9.54. The Hall–Kier alpha value is -1.24. The zero-order valence-electron chi connectivity index (χ0n) is 9.54. The number of carbonyl (C=O) groups is 1. The van der Waals surface area contributed by atoms with Gasteiger partial charge in [-0.2, -0.15) is 5.26 Å². The Labute approximate surface area is 90.6 Å². The summed E-state index contributed by atoms with van der Waals surface area (Å²) in [5, 5.41) is 11.5. The second kappa shape index (κ2) is 4.52. The monoisotopic (exact) mass is 210 g/mol. The molecule has 0 aromatic carbocycles. The number of amides is 1. The largest absolute Gasteiger partial charge is 0.444 e. The first-order valence-electron chi connectivity index (χ1n) is 5.30. The van der Waals surface area contributed by atoms with Crippen molar-refractivity contribution < 1.29 is 9.53 Å². The third-order valence-electron chi connectivity index (χ3n) is 2.34. The van der Waals surface area contributed by atoms with Crippen molar-refractivity contribution in [1.29, 1.82) is 5.26 Å². The number of hydrogen-bond acceptors (Lipinski definition) is 3. The highest BCUT2D eigenvalue weighted by atomic mass is 16.6. The molecule has 4 nitrogen and oxygen atoms in total. The van der Waals surface area contributed by atoms with Gasteiger partial charge in [0.15, 0.2) is 0 Å². The van der Waals surface area contributed by atoms with Crippen LogP contribution in [-0.2, 0) is 4.74 Å². The van der Waals surface area contributed by atoms with Gasteiger partial charge in [0.25, 0.3) is 0 Å². The molecule has 0 aromatic rings. The van der Waals surface area contributed by atoms with E-state index in [1.807, 2.05) is 20.8 Å². The molecule has 1 amide bonds. The van der Waals surface area contributed by atoms with Crippen LogP contribution >= 0.6 is 0 Å². The van der Waals surface area contributed by atoms with Crippen molar-refractivity contribution >= 4 is 6.09 Å². The molecule has 0 radical (unpaired) electrons. The van der Waals surface area contributed by atoms with Crippen LogP contribution < -0.4 is 5.32 Å². The van der Waals surface area contributed by atoms with Crippen molar-refractivity contribution in [3.63, 3.8) is 0 Å². The van der Waals surface area contributed by atoms with Gasteiger partial charge < -0.3 is 10.1 Å². The molecule has 1 aliphatic carbocycles. The molecule has 1 aliphatic rings. The minimum Gasteiger partial charge on any atom is -0.444 e. The van der Waals surface area contributed by atoms with E-state index in [-0.39, 0.29) is 18.1 Å². The first-order chi connectivity index (χ1) is 6.90. The minimum atomic E-state index is -0.461. The van der Waals surface area contributed by atoms with Gasteiger partial charge in [0, 0.05) is 12.0 Å². The van der Waals surface area contributed by atoms with E-state index in [2.05, 4.69) is 11.4 Å². The van der Waals surface area contributed by atoms with Crippen LogP contribution in [0.15, 0.2) is 0 Å². The second-order valence-corrected chi connectivity index (χ2v) is 4.98. The predicted octanol–water partition coefficient (Wildman–Crippen LogP) is 2.20. The first-order valence-corrected chi connectivity index (χ1v) is 5.30. The van der Waals surface area contributed by atoms with Gasteiger partial charge in [0.2, 0.25) is 0 Å². The van der Waals surface area contributed by atoms with Crippen LogP contribution in [0.2, 0.25) is 0 Å². The van der Waals surface area contributed by atoms with Crippen LogP contribution in [-0.4, -0.2) is 17.7 Å². The average Bonchev–Trinajstić information content (AvgIpc) is 2.48. The quantitative estimate of drug-likeness (QED) is 0.721. The fraction of sp³-hybridized carbons (Fsp3) is 0.818. The SMILES string of the molecule is CC(C)(C)OC(=O)N[C@H]1CC[C@@H](C#N)C1. The maximum atomic E-state index is 11.4. The Morgan fingerprint density at radius 2 is 2.13 bits per heavy atom. The lowest BCUT2D eigenvalue weighted by Gasteiger charge is -2.21. The van der Waals surface area contributed by atoms with E-state index in [1.165, 1.54) is 0 Å². The molecular formula is C11H18N2O2. The Morgan fingerprint density at radius 3 is 2.60 bits per heavy atom. The fourth-order valence-corrected chi connectivity index (χ4v) is 1.70. The summed E-state index contributed by atoms with van der Waals surface area (Å²) in [4.78, 5) is 11.4. The molecule has 2 atom stereocenters. The van der Waals surface area contributed by atoms with Gasteiger partial charge in [0.05, 0.1) is 6.07 Å². The van der Waals surface area contributed by atoms with E-state index in [4.69, 9.17) is 10.00 Å². The van der Waals surface area contributed by atoms with Crippen molar-refractivity contribution in [1.82, 2.24) is 5.32 Å². The van der Waals surface area contributed by atoms with Crippen molar-refractivity contribution in [2.45, 2.75) is 51.7 Å². The maximum Gasteiger partial charge on any atom is 0.407 e. The number of nitrogens with one attached hydrogen (secondary N) is 1. The van der Waals surface area contributed by atoms with Crippen molar-refractivity contribution in [3.05, 3.63) is 0 Å². The highest BCUT2D eigenvalue weighted by Gasteiger charge is 2.27. The Morgan fingerprint density at radius 1 is 1.47 bits per heavy atom. The lowest BCUT2D eigenvalue weighted by molar-refractivity contribution is 0.0505. The predicted molar refractivity (Wildman–Crippen MR) is 56.1 cm³/mol. The van der Waals surface area contributed by atoms with E-state index < -0.39 is 5.60 Å². The molecule has 15 heavy (non-hydrogen) atoms. The topological polar surface area (TPSA) is 62.1 Å². The molecule has 0 aromatic heterocycles. The summed E-state index contributed by atoms with van der Waals surface area (Å²) in [6, 6.07) is 2.32. The van der Waals surface area contributed by atoms with Crippen molar-refractivity contribution in [2.75, 3.05) is 0 Å². The molecule has 0 spiro atoms. The third kappa shape index (κ3) is 4.20. The fourth-order valence-electron chi connectivity index (χ4n) is 1.70. The summed E-state index contributed by atoms with van der Waals surface area (Å²) in [6.07, 6.45) is 2.11. The molecular weight excluding hydrogens is 192 g/mol. The van der Waals surface area contributed by atoms with Crippen molar-refractivity contribution in [2.24, 2.45) is 5.92 Å². The van der Waals surface area contributed by atoms with Crippen LogP contribution in [0.5, 0.6) is 0 Å². The van der Waals surface area contributed by atoms with Gasteiger partial charge in [-0.05, 0) is 40.0 Å². The first kappa shape index (κ1) is 11.8. The summed E-state index contributed by atoms with van der Waals surface area (Å²) in [7, 11) is 0. The highest BCUT2D eigenvalue weighted by molar-refractivity contribution is 5.68. The summed E-state index contributed by atoms with van der Waals surface area (Å²) >= 11 is 0. The molecule has 0 saturated heterocycles. The van der Waals surface area contributed by atoms with Gasteiger partial charge in [0.1, 0.15) is 5.60 Å². The molecule has 1 fully saturated rings. The molecule has 0 unspecified atom stereocenters. The smallest absolute Gasteiger partial charge is 0.407 e. The maximum absolute atomic E-state index is 11.4. The van der Waals surface area contributed by atoms with Gasteiger partial charge >= 0.3 is 6.09 Å². The van der Waals surface area contributed by atoms with Gasteiger partial charge in [-0.1, -0.05) is 0 Å². The van der Waals surface area contributed by atoms with E-state index in [9.17, 15) is 4.79 Å². The lowest BCUT2D eigenvalue weighted by atomic mass is 10.1. The minimum absolute atomic E-state index is 0.0879. The number of rotatable bonds is 1.